The lowest BCUT2D eigenvalue weighted by atomic mass is 10.1. The molecule has 8 aromatic rings. The molecule has 2 aliphatic heterocycles. The van der Waals surface area contributed by atoms with Gasteiger partial charge in [-0.15, -0.1) is 22.7 Å². The van der Waals surface area contributed by atoms with Crippen LogP contribution in [0.3, 0.4) is 0 Å². The molecule has 0 saturated carbocycles. The van der Waals surface area contributed by atoms with Crippen molar-refractivity contribution in [2.75, 3.05) is 41.7 Å². The van der Waals surface area contributed by atoms with E-state index in [4.69, 9.17) is 5.73 Å². The van der Waals surface area contributed by atoms with Gasteiger partial charge in [-0.3, -0.25) is 19.9 Å². The number of hydrogen-bond acceptors (Lipinski definition) is 13. The number of carbonyl (C=O) groups excluding carboxylic acids is 2. The van der Waals surface area contributed by atoms with Crippen LogP contribution in [0, 0.1) is 10.1 Å². The molecule has 4 heterocycles. The normalized spacial score (nSPS) is 14.2. The lowest BCUT2D eigenvalue weighted by Gasteiger charge is -2.23. The van der Waals surface area contributed by atoms with Crippen LogP contribution in [0.4, 0.5) is 32.3 Å². The molecule has 0 aliphatic carbocycles. The third-order valence-corrected chi connectivity index (χ3v) is 18.4. The fourth-order valence-electron chi connectivity index (χ4n) is 9.09. The van der Waals surface area contributed by atoms with Gasteiger partial charge in [-0.05, 0) is 113 Å². The van der Waals surface area contributed by atoms with Crippen LogP contribution < -0.4 is 25.0 Å². The van der Waals surface area contributed by atoms with Crippen molar-refractivity contribution in [1.29, 1.82) is 0 Å². The number of aromatic nitrogens is 2. The summed E-state index contributed by atoms with van der Waals surface area (Å²) in [5, 5.41) is 12.4. The number of thiazole rings is 2. The van der Waals surface area contributed by atoms with Crippen LogP contribution >= 0.6 is 22.7 Å². The summed E-state index contributed by atoms with van der Waals surface area (Å²) >= 11 is 2.68. The highest BCUT2D eigenvalue weighted by atomic mass is 32.2. The lowest BCUT2D eigenvalue weighted by molar-refractivity contribution is -0.384. The minimum absolute atomic E-state index is 0.0263. The molecule has 2 saturated heterocycles. The average molecular weight is 1150 g/mol. The van der Waals surface area contributed by atoms with Crippen molar-refractivity contribution in [3.05, 3.63) is 179 Å². The Bertz CT molecular complexity index is 3790. The number of rotatable bonds is 15. The van der Waals surface area contributed by atoms with Crippen molar-refractivity contribution in [3.63, 3.8) is 0 Å². The summed E-state index contributed by atoms with van der Waals surface area (Å²) in [6.45, 7) is 13.6. The summed E-state index contributed by atoms with van der Waals surface area (Å²) in [7, 11) is -7.93. The molecule has 0 spiro atoms. The number of nitrogens with two attached hydrogens (primary N) is 1. The molecule has 0 unspecified atom stereocenters. The molecular weight excluding hydrogens is 1090 g/mol. The summed E-state index contributed by atoms with van der Waals surface area (Å²) < 4.78 is 60.1. The molecule has 4 amide bonds. The van der Waals surface area contributed by atoms with E-state index in [1.807, 2.05) is 84.9 Å². The first kappa shape index (κ1) is 56.8. The SMILES string of the molecule is CC(C)(C)NS(=O)(=O)c1cc(N2CCN(Cc3ccccc3)C2=O)ccc1-c1cnc(-c2ccc(N)cc2)s1.CC(C)(C)NS(=O)(=O)c1cc(N2CCN(Cc3ccccc3)C2=O)ccc1-c1cnc(-c2ccc([N+](=O)[O-])cc2)s1. The van der Waals surface area contributed by atoms with E-state index in [0.717, 1.165) is 21.7 Å². The number of nitrogens with one attached hydrogen (secondary N) is 2. The van der Waals surface area contributed by atoms with Gasteiger partial charge in [-0.2, -0.15) is 0 Å². The number of nitrogen functional groups attached to an aromatic ring is 1. The van der Waals surface area contributed by atoms with Crippen molar-refractivity contribution >= 4 is 77.5 Å². The smallest absolute Gasteiger partial charge is 0.324 e. The number of anilines is 3. The maximum atomic E-state index is 13.7. The number of sulfonamides is 2. The van der Waals surface area contributed by atoms with E-state index in [-0.39, 0.29) is 27.5 Å². The number of nitrogens with zero attached hydrogens (tertiary/aromatic N) is 7. The number of carbonyl (C=O) groups is 2. The molecule has 10 rings (SSSR count). The van der Waals surface area contributed by atoms with Gasteiger partial charge in [0.15, 0.2) is 0 Å². The van der Waals surface area contributed by atoms with Gasteiger partial charge in [0.05, 0.1) is 24.5 Å². The molecule has 0 atom stereocenters. The molecule has 2 aromatic heterocycles. The monoisotopic (exact) mass is 1150 g/mol. The van der Waals surface area contributed by atoms with Gasteiger partial charge < -0.3 is 15.5 Å². The van der Waals surface area contributed by atoms with E-state index in [9.17, 15) is 36.5 Å². The minimum atomic E-state index is -4.00. The Morgan fingerprint density at radius 2 is 0.950 bits per heavy atom. The largest absolute Gasteiger partial charge is 0.399 e. The van der Waals surface area contributed by atoms with Crippen LogP contribution in [0.5, 0.6) is 0 Å². The highest BCUT2D eigenvalue weighted by Crippen LogP contribution is 2.41. The fraction of sp³-hybridized carbons (Fsp3) is 0.241. The number of nitro groups is 1. The highest BCUT2D eigenvalue weighted by molar-refractivity contribution is 7.90. The Hall–Kier alpha value is -7.86. The molecule has 80 heavy (non-hydrogen) atoms. The standard InChI is InChI=1S/C29H29N5O5S2.C29H31N5O3S2/c1-29(2,3)31-41(38,39)26-17-23(33-16-15-32(28(33)35)19-20-7-5-4-6-8-20)13-14-24(26)25-18-30-27(40-25)21-9-11-22(12-10-21)34(36)37;1-29(2,3)32-39(36,37)26-17-23(34-16-15-33(28(34)35)19-20-7-5-4-6-8-20)13-14-24(26)25-18-31-27(38-25)21-9-11-22(30)12-10-21/h4-14,17-18,31H,15-16,19H2,1-3H3;4-14,17-18,32H,15-16,19,30H2,1-3H3. The van der Waals surface area contributed by atoms with E-state index in [1.54, 1.807) is 122 Å². The number of benzene rings is 6. The first-order valence-electron chi connectivity index (χ1n) is 25.5. The van der Waals surface area contributed by atoms with E-state index in [1.165, 1.54) is 34.8 Å². The zero-order valence-electron chi connectivity index (χ0n) is 44.9. The molecule has 414 valence electrons. The number of non-ortho nitro benzene ring substituents is 1. The number of urea groups is 2. The summed E-state index contributed by atoms with van der Waals surface area (Å²) in [4.78, 5) is 54.4. The van der Waals surface area contributed by atoms with Gasteiger partial charge in [0.25, 0.3) is 5.69 Å². The maximum Gasteiger partial charge on any atom is 0.324 e. The van der Waals surface area contributed by atoms with Crippen LogP contribution in [-0.2, 0) is 33.1 Å². The van der Waals surface area contributed by atoms with E-state index < -0.39 is 36.0 Å². The first-order valence-corrected chi connectivity index (χ1v) is 30.1. The third-order valence-electron chi connectivity index (χ3n) is 12.7. The summed E-state index contributed by atoms with van der Waals surface area (Å²) in [6, 6.07) is 42.8. The van der Waals surface area contributed by atoms with Crippen LogP contribution in [-0.4, -0.2) is 90.8 Å². The quantitative estimate of drug-likeness (QED) is 0.0496. The summed E-state index contributed by atoms with van der Waals surface area (Å²) in [6.07, 6.45) is 3.28. The average Bonchev–Trinajstić information content (AvgIpc) is 4.30. The van der Waals surface area contributed by atoms with Crippen molar-refractivity contribution in [2.24, 2.45) is 0 Å². The Morgan fingerprint density at radius 1 is 0.562 bits per heavy atom. The fourth-order valence-corrected chi connectivity index (χ4v) is 14.5. The second-order valence-corrected chi connectivity index (χ2v) is 26.6. The third kappa shape index (κ3) is 13.4. The van der Waals surface area contributed by atoms with Gasteiger partial charge >= 0.3 is 12.1 Å². The molecule has 6 aromatic carbocycles. The topological polar surface area (TPSA) is 234 Å². The Balaban J connectivity index is 0.000000194. The van der Waals surface area contributed by atoms with E-state index in [2.05, 4.69) is 19.4 Å². The van der Waals surface area contributed by atoms with Gasteiger partial charge in [0.2, 0.25) is 20.0 Å². The van der Waals surface area contributed by atoms with Crippen LogP contribution in [0.2, 0.25) is 0 Å². The second kappa shape index (κ2) is 23.1. The number of nitro benzene ring substituents is 1. The Morgan fingerprint density at radius 3 is 1.32 bits per heavy atom. The zero-order chi connectivity index (χ0) is 57.1. The molecule has 4 N–H and O–H groups in total. The summed E-state index contributed by atoms with van der Waals surface area (Å²) in [5.74, 6) is 0. The van der Waals surface area contributed by atoms with Crippen LogP contribution in [0.25, 0.3) is 42.0 Å². The number of hydrogen-bond donors (Lipinski definition) is 3. The van der Waals surface area contributed by atoms with Gasteiger partial charge in [-0.25, -0.2) is 45.8 Å². The lowest BCUT2D eigenvalue weighted by Crippen LogP contribution is -2.40. The van der Waals surface area contributed by atoms with Crippen molar-refractivity contribution < 1.29 is 31.3 Å². The predicted molar refractivity (Wildman–Crippen MR) is 316 cm³/mol. The van der Waals surface area contributed by atoms with Crippen molar-refractivity contribution in [1.82, 2.24) is 29.2 Å². The molecular formula is C58H60N10O8S4. The molecule has 0 bridgehead atoms. The van der Waals surface area contributed by atoms with Gasteiger partial charge in [0, 0.05) is 114 Å². The molecule has 18 nitrogen and oxygen atoms in total. The minimum Gasteiger partial charge on any atom is -0.399 e. The molecule has 2 aliphatic rings. The maximum absolute atomic E-state index is 13.7. The van der Waals surface area contributed by atoms with Gasteiger partial charge in [-0.1, -0.05) is 72.8 Å². The van der Waals surface area contributed by atoms with E-state index >= 15 is 0 Å². The molecule has 2 fully saturated rings. The van der Waals surface area contributed by atoms with Crippen LogP contribution in [0.15, 0.2) is 168 Å². The first-order chi connectivity index (χ1) is 37.9. The summed E-state index contributed by atoms with van der Waals surface area (Å²) in [5.41, 5.74) is 10.7. The Kier molecular flexibility index (Phi) is 16.4. The van der Waals surface area contributed by atoms with Crippen molar-refractivity contribution in [2.45, 2.75) is 75.5 Å². The highest BCUT2D eigenvalue weighted by Gasteiger charge is 2.35. The second-order valence-electron chi connectivity index (χ2n) is 21.2. The van der Waals surface area contributed by atoms with E-state index in [0.29, 0.717) is 87.8 Å². The predicted octanol–water partition coefficient (Wildman–Crippen LogP) is 11.5. The zero-order valence-corrected chi connectivity index (χ0v) is 48.1. The number of amides is 4. The molecule has 22 heteroatoms. The van der Waals surface area contributed by atoms with Crippen LogP contribution in [0.1, 0.15) is 52.7 Å². The van der Waals surface area contributed by atoms with Gasteiger partial charge in [0.1, 0.15) is 10.0 Å². The van der Waals surface area contributed by atoms with Crippen molar-refractivity contribution in [3.8, 4) is 42.0 Å². The molecule has 0 radical (unpaired) electrons. The Labute approximate surface area is 473 Å².